The summed E-state index contributed by atoms with van der Waals surface area (Å²) >= 11 is 0. The van der Waals surface area contributed by atoms with Gasteiger partial charge in [0.25, 0.3) is 0 Å². The molecule has 0 aliphatic heterocycles. The summed E-state index contributed by atoms with van der Waals surface area (Å²) in [6.45, 7) is 1.80. The fourth-order valence-electron chi connectivity index (χ4n) is 2.13. The van der Waals surface area contributed by atoms with Gasteiger partial charge in [-0.3, -0.25) is 0 Å². The van der Waals surface area contributed by atoms with Gasteiger partial charge in [-0.2, -0.15) is 0 Å². The summed E-state index contributed by atoms with van der Waals surface area (Å²) < 4.78 is 26.4. The van der Waals surface area contributed by atoms with Gasteiger partial charge in [-0.05, 0) is 48.2 Å². The van der Waals surface area contributed by atoms with Crippen LogP contribution in [0.15, 0.2) is 42.5 Å². The van der Waals surface area contributed by atoms with E-state index < -0.39 is 6.10 Å². The molecule has 0 heterocycles. The highest BCUT2D eigenvalue weighted by atomic mass is 19.1. The zero-order valence-corrected chi connectivity index (χ0v) is 10.7. The average molecular weight is 262 g/mol. The maximum atomic E-state index is 13.5. The molecule has 0 bridgehead atoms. The molecule has 0 saturated heterocycles. The molecule has 1 N–H and O–H groups in total. The Morgan fingerprint density at radius 2 is 1.68 bits per heavy atom. The van der Waals surface area contributed by atoms with E-state index in [0.717, 1.165) is 11.1 Å². The van der Waals surface area contributed by atoms with Gasteiger partial charge in [-0.1, -0.05) is 24.3 Å². The van der Waals surface area contributed by atoms with Crippen LogP contribution in [-0.2, 0) is 12.8 Å². The highest BCUT2D eigenvalue weighted by Crippen LogP contribution is 2.15. The van der Waals surface area contributed by atoms with Gasteiger partial charge < -0.3 is 5.11 Å². The predicted molar refractivity (Wildman–Crippen MR) is 71.0 cm³/mol. The SMILES string of the molecule is Cc1cc(F)ccc1CC(O)Cc1ccccc1F. The molecular weight excluding hydrogens is 246 g/mol. The fourth-order valence-corrected chi connectivity index (χ4v) is 2.13. The van der Waals surface area contributed by atoms with E-state index in [0.29, 0.717) is 12.0 Å². The van der Waals surface area contributed by atoms with E-state index in [-0.39, 0.29) is 18.1 Å². The molecule has 2 aromatic carbocycles. The van der Waals surface area contributed by atoms with Crippen LogP contribution in [0.4, 0.5) is 8.78 Å². The van der Waals surface area contributed by atoms with Crippen molar-refractivity contribution in [3.8, 4) is 0 Å². The maximum Gasteiger partial charge on any atom is 0.126 e. The van der Waals surface area contributed by atoms with E-state index in [2.05, 4.69) is 0 Å². The summed E-state index contributed by atoms with van der Waals surface area (Å²) in [6.07, 6.45) is -0.0368. The normalized spacial score (nSPS) is 12.4. The van der Waals surface area contributed by atoms with E-state index in [1.54, 1.807) is 31.2 Å². The quantitative estimate of drug-likeness (QED) is 0.895. The number of aliphatic hydroxyl groups is 1. The van der Waals surface area contributed by atoms with Gasteiger partial charge in [-0.15, -0.1) is 0 Å². The molecule has 0 aliphatic rings. The van der Waals surface area contributed by atoms with Crippen LogP contribution in [0.5, 0.6) is 0 Å². The minimum atomic E-state index is -0.680. The Balaban J connectivity index is 2.05. The minimum Gasteiger partial charge on any atom is -0.392 e. The number of aliphatic hydroxyl groups excluding tert-OH is 1. The van der Waals surface area contributed by atoms with Crippen molar-refractivity contribution in [3.05, 3.63) is 70.8 Å². The highest BCUT2D eigenvalue weighted by Gasteiger charge is 2.11. The first kappa shape index (κ1) is 13.7. The molecule has 1 nitrogen and oxygen atoms in total. The molecule has 1 atom stereocenters. The molecule has 0 amide bonds. The van der Waals surface area contributed by atoms with Crippen molar-refractivity contribution in [2.45, 2.75) is 25.9 Å². The second kappa shape index (κ2) is 5.93. The van der Waals surface area contributed by atoms with Crippen LogP contribution in [0, 0.1) is 18.6 Å². The third-order valence-electron chi connectivity index (χ3n) is 3.17. The Morgan fingerprint density at radius 1 is 1.00 bits per heavy atom. The first-order chi connectivity index (χ1) is 9.06. The lowest BCUT2D eigenvalue weighted by atomic mass is 9.98. The zero-order chi connectivity index (χ0) is 13.8. The summed E-state index contributed by atoms with van der Waals surface area (Å²) in [5.74, 6) is -0.595. The second-order valence-electron chi connectivity index (χ2n) is 4.72. The van der Waals surface area contributed by atoms with Crippen LogP contribution >= 0.6 is 0 Å². The lowest BCUT2D eigenvalue weighted by Crippen LogP contribution is -2.15. The van der Waals surface area contributed by atoms with Crippen LogP contribution in [0.2, 0.25) is 0 Å². The van der Waals surface area contributed by atoms with Crippen LogP contribution in [0.3, 0.4) is 0 Å². The molecule has 2 rings (SSSR count). The predicted octanol–water partition coefficient (Wildman–Crippen LogP) is 3.42. The largest absolute Gasteiger partial charge is 0.392 e. The van der Waals surface area contributed by atoms with Crippen molar-refractivity contribution >= 4 is 0 Å². The topological polar surface area (TPSA) is 20.2 Å². The molecule has 19 heavy (non-hydrogen) atoms. The Bertz CT molecular complexity index is 566. The molecule has 0 aromatic heterocycles. The Labute approximate surface area is 111 Å². The minimum absolute atomic E-state index is 0.253. The second-order valence-corrected chi connectivity index (χ2v) is 4.72. The van der Waals surface area contributed by atoms with Gasteiger partial charge in [0, 0.05) is 6.42 Å². The summed E-state index contributed by atoms with van der Waals surface area (Å²) in [7, 11) is 0. The Hall–Kier alpha value is -1.74. The molecule has 0 saturated carbocycles. The fraction of sp³-hybridized carbons (Fsp3) is 0.250. The summed E-state index contributed by atoms with van der Waals surface area (Å²) in [5, 5.41) is 10.0. The van der Waals surface area contributed by atoms with Crippen LogP contribution in [0.25, 0.3) is 0 Å². The highest BCUT2D eigenvalue weighted by molar-refractivity contribution is 5.27. The van der Waals surface area contributed by atoms with Crippen molar-refractivity contribution in [1.29, 1.82) is 0 Å². The van der Waals surface area contributed by atoms with Crippen LogP contribution in [0.1, 0.15) is 16.7 Å². The number of hydrogen-bond donors (Lipinski definition) is 1. The van der Waals surface area contributed by atoms with E-state index in [1.165, 1.54) is 18.2 Å². The van der Waals surface area contributed by atoms with Gasteiger partial charge in [0.05, 0.1) is 6.10 Å². The molecular formula is C16H16F2O. The summed E-state index contributed by atoms with van der Waals surface area (Å²) in [4.78, 5) is 0. The Morgan fingerprint density at radius 3 is 2.37 bits per heavy atom. The van der Waals surface area contributed by atoms with Gasteiger partial charge in [0.2, 0.25) is 0 Å². The maximum absolute atomic E-state index is 13.5. The smallest absolute Gasteiger partial charge is 0.126 e. The van der Waals surface area contributed by atoms with Gasteiger partial charge in [-0.25, -0.2) is 8.78 Å². The van der Waals surface area contributed by atoms with Crippen molar-refractivity contribution in [1.82, 2.24) is 0 Å². The van der Waals surface area contributed by atoms with Crippen molar-refractivity contribution < 1.29 is 13.9 Å². The molecule has 2 aromatic rings. The third kappa shape index (κ3) is 3.61. The molecule has 0 spiro atoms. The first-order valence-electron chi connectivity index (χ1n) is 6.23. The van der Waals surface area contributed by atoms with E-state index in [9.17, 15) is 13.9 Å². The monoisotopic (exact) mass is 262 g/mol. The standard InChI is InChI=1S/C16H16F2O/c1-11-8-14(17)7-6-12(11)9-15(19)10-13-4-2-3-5-16(13)18/h2-8,15,19H,9-10H2,1H3. The summed E-state index contributed by atoms with van der Waals surface area (Å²) in [6, 6.07) is 10.9. The molecule has 3 heteroatoms. The number of rotatable bonds is 4. The molecule has 0 radical (unpaired) electrons. The third-order valence-corrected chi connectivity index (χ3v) is 3.17. The number of hydrogen-bond acceptors (Lipinski definition) is 1. The van der Waals surface area contributed by atoms with Crippen molar-refractivity contribution in [2.24, 2.45) is 0 Å². The van der Waals surface area contributed by atoms with Crippen LogP contribution in [-0.4, -0.2) is 11.2 Å². The van der Waals surface area contributed by atoms with E-state index in [1.807, 2.05) is 0 Å². The lowest BCUT2D eigenvalue weighted by molar-refractivity contribution is 0.174. The van der Waals surface area contributed by atoms with Gasteiger partial charge in [0.1, 0.15) is 11.6 Å². The number of aryl methyl sites for hydroxylation is 1. The molecule has 0 aliphatic carbocycles. The number of benzene rings is 2. The zero-order valence-electron chi connectivity index (χ0n) is 10.7. The van der Waals surface area contributed by atoms with Crippen molar-refractivity contribution in [3.63, 3.8) is 0 Å². The lowest BCUT2D eigenvalue weighted by Gasteiger charge is -2.13. The summed E-state index contributed by atoms with van der Waals surface area (Å²) in [5.41, 5.74) is 2.17. The van der Waals surface area contributed by atoms with Crippen LogP contribution < -0.4 is 0 Å². The number of halogens is 2. The van der Waals surface area contributed by atoms with E-state index in [4.69, 9.17) is 0 Å². The average Bonchev–Trinajstić information content (AvgIpc) is 2.36. The first-order valence-corrected chi connectivity index (χ1v) is 6.23. The van der Waals surface area contributed by atoms with Crippen molar-refractivity contribution in [2.75, 3.05) is 0 Å². The molecule has 100 valence electrons. The molecule has 0 fully saturated rings. The Kier molecular flexibility index (Phi) is 4.27. The van der Waals surface area contributed by atoms with E-state index >= 15 is 0 Å². The van der Waals surface area contributed by atoms with Gasteiger partial charge >= 0.3 is 0 Å². The van der Waals surface area contributed by atoms with Gasteiger partial charge in [0.15, 0.2) is 0 Å². The molecule has 1 unspecified atom stereocenters.